The summed E-state index contributed by atoms with van der Waals surface area (Å²) in [7, 11) is 0. The summed E-state index contributed by atoms with van der Waals surface area (Å²) in [6.07, 6.45) is -1.01. The predicted octanol–water partition coefficient (Wildman–Crippen LogP) is 2.80. The van der Waals surface area contributed by atoms with Gasteiger partial charge in [0.25, 0.3) is 0 Å². The number of benzene rings is 1. The molecule has 2 fully saturated rings. The number of nitrogens with zero attached hydrogens (tertiary/aromatic N) is 3. The van der Waals surface area contributed by atoms with E-state index in [1.807, 2.05) is 45.0 Å². The van der Waals surface area contributed by atoms with E-state index in [0.29, 0.717) is 16.4 Å². The number of nitrogens with two attached hydrogens (primary N) is 2. The lowest BCUT2D eigenvalue weighted by Crippen LogP contribution is -2.42. The Bertz CT molecular complexity index is 1230. The van der Waals surface area contributed by atoms with Gasteiger partial charge in [-0.15, -0.1) is 0 Å². The highest BCUT2D eigenvalue weighted by Crippen LogP contribution is 2.53. The molecular weight excluding hydrogens is 474 g/mol. The Morgan fingerprint density at radius 3 is 2.69 bits per heavy atom. The van der Waals surface area contributed by atoms with Crippen molar-refractivity contribution >= 4 is 28.9 Å². The van der Waals surface area contributed by atoms with E-state index in [1.165, 1.54) is 6.33 Å². The van der Waals surface area contributed by atoms with Crippen molar-refractivity contribution in [2.24, 2.45) is 11.7 Å². The van der Waals surface area contributed by atoms with Crippen LogP contribution in [0.4, 0.5) is 5.82 Å². The molecule has 1 aromatic carbocycles. The van der Waals surface area contributed by atoms with Crippen molar-refractivity contribution in [1.82, 2.24) is 14.6 Å². The fourth-order valence-corrected chi connectivity index (χ4v) is 4.73. The molecule has 2 unspecified atom stereocenters. The van der Waals surface area contributed by atoms with Crippen LogP contribution in [0.2, 0.25) is 5.02 Å². The number of esters is 1. The van der Waals surface area contributed by atoms with E-state index in [9.17, 15) is 4.79 Å². The third-order valence-corrected chi connectivity index (χ3v) is 6.92. The second kappa shape index (κ2) is 9.03. The summed E-state index contributed by atoms with van der Waals surface area (Å²) >= 11 is 6.06. The highest BCUT2D eigenvalue weighted by Gasteiger charge is 2.62. The highest BCUT2D eigenvalue weighted by molar-refractivity contribution is 6.30. The molecule has 3 aromatic rings. The zero-order chi connectivity index (χ0) is 24.9. The van der Waals surface area contributed by atoms with Gasteiger partial charge >= 0.3 is 5.97 Å². The van der Waals surface area contributed by atoms with Crippen LogP contribution < -0.4 is 11.5 Å². The molecule has 6 atom stereocenters. The molecule has 0 aliphatic carbocycles. The van der Waals surface area contributed by atoms with E-state index < -0.39 is 42.2 Å². The molecule has 0 radical (unpaired) electrons. The standard InChI is InChI=1S/C24H28ClN5O5/c1-12(2)18(26)22(31)32-10-17-20-24(3,35-23(34-20)13-4-6-14(25)7-5-13)19(33-17)15-8-9-16-21(27)28-11-29-30(15)16/h4-9,11-12,17-20,23H,10,26H2,1-3H3,(H2,27,28,29)/t17-,18?,19+,20-,23?,24+/m1/s1. The van der Waals surface area contributed by atoms with Gasteiger partial charge in [-0.05, 0) is 37.1 Å². The summed E-state index contributed by atoms with van der Waals surface area (Å²) in [6, 6.07) is 10.2. The summed E-state index contributed by atoms with van der Waals surface area (Å²) in [5.41, 5.74) is 13.2. The van der Waals surface area contributed by atoms with Gasteiger partial charge < -0.3 is 30.4 Å². The number of aromatic nitrogens is 3. The number of rotatable bonds is 6. The number of ether oxygens (including phenoxy) is 4. The van der Waals surface area contributed by atoms with E-state index >= 15 is 0 Å². The molecular formula is C24H28ClN5O5. The van der Waals surface area contributed by atoms with Crippen LogP contribution in [0.5, 0.6) is 0 Å². The number of halogens is 1. The average Bonchev–Trinajstić information content (AvgIpc) is 3.48. The molecule has 4 heterocycles. The normalized spacial score (nSPS) is 29.0. The van der Waals surface area contributed by atoms with Gasteiger partial charge in [0, 0.05) is 10.6 Å². The fourth-order valence-electron chi connectivity index (χ4n) is 4.60. The van der Waals surface area contributed by atoms with Gasteiger partial charge in [-0.2, -0.15) is 5.10 Å². The smallest absolute Gasteiger partial charge is 0.323 e. The minimum atomic E-state index is -0.921. The molecule has 186 valence electrons. The maximum Gasteiger partial charge on any atom is 0.323 e. The molecule has 35 heavy (non-hydrogen) atoms. The van der Waals surface area contributed by atoms with E-state index in [-0.39, 0.29) is 12.5 Å². The largest absolute Gasteiger partial charge is 0.462 e. The summed E-state index contributed by atoms with van der Waals surface area (Å²) in [5, 5.41) is 4.97. The van der Waals surface area contributed by atoms with Crippen LogP contribution in [-0.2, 0) is 23.7 Å². The van der Waals surface area contributed by atoms with E-state index in [1.54, 1.807) is 16.6 Å². The number of anilines is 1. The van der Waals surface area contributed by atoms with Crippen LogP contribution in [0.3, 0.4) is 0 Å². The third-order valence-electron chi connectivity index (χ3n) is 6.67. The number of hydrogen-bond acceptors (Lipinski definition) is 9. The molecule has 0 saturated carbocycles. The molecule has 2 saturated heterocycles. The summed E-state index contributed by atoms with van der Waals surface area (Å²) < 4.78 is 26.5. The van der Waals surface area contributed by atoms with E-state index in [2.05, 4.69) is 10.1 Å². The quantitative estimate of drug-likeness (QED) is 0.488. The summed E-state index contributed by atoms with van der Waals surface area (Å²) in [6.45, 7) is 5.61. The summed E-state index contributed by atoms with van der Waals surface area (Å²) in [5.74, 6) is -0.195. The average molecular weight is 502 g/mol. The van der Waals surface area contributed by atoms with E-state index in [4.69, 9.17) is 42.0 Å². The Kier molecular flexibility index (Phi) is 6.18. The maximum absolute atomic E-state index is 12.4. The zero-order valence-electron chi connectivity index (χ0n) is 19.6. The number of carbonyl (C=O) groups excluding carboxylic acids is 1. The molecule has 2 aromatic heterocycles. The molecule has 11 heteroatoms. The zero-order valence-corrected chi connectivity index (χ0v) is 20.4. The molecule has 5 rings (SSSR count). The minimum Gasteiger partial charge on any atom is -0.462 e. The van der Waals surface area contributed by atoms with Crippen LogP contribution in [0.1, 0.15) is 44.4 Å². The number of fused-ring (bicyclic) bond motifs is 2. The molecule has 10 nitrogen and oxygen atoms in total. The first-order valence-electron chi connectivity index (χ1n) is 11.4. The predicted molar refractivity (Wildman–Crippen MR) is 127 cm³/mol. The van der Waals surface area contributed by atoms with Crippen LogP contribution in [0, 0.1) is 5.92 Å². The van der Waals surface area contributed by atoms with Crippen LogP contribution in [0.25, 0.3) is 5.52 Å². The van der Waals surface area contributed by atoms with Gasteiger partial charge in [-0.1, -0.05) is 37.6 Å². The lowest BCUT2D eigenvalue weighted by Gasteiger charge is -2.27. The molecule has 4 N–H and O–H groups in total. The maximum atomic E-state index is 12.4. The Hall–Kier alpha value is -2.76. The van der Waals surface area contributed by atoms with Gasteiger partial charge in [0.15, 0.2) is 12.1 Å². The van der Waals surface area contributed by atoms with Crippen molar-refractivity contribution in [2.45, 2.75) is 57.0 Å². The lowest BCUT2D eigenvalue weighted by molar-refractivity contribution is -0.168. The molecule has 0 spiro atoms. The van der Waals surface area contributed by atoms with E-state index in [0.717, 1.165) is 11.3 Å². The molecule has 0 bridgehead atoms. The number of nitrogen functional groups attached to an aromatic ring is 1. The van der Waals surface area contributed by atoms with Crippen molar-refractivity contribution in [3.63, 3.8) is 0 Å². The molecule has 2 aliphatic rings. The monoisotopic (exact) mass is 501 g/mol. The Morgan fingerprint density at radius 2 is 1.97 bits per heavy atom. The summed E-state index contributed by atoms with van der Waals surface area (Å²) in [4.78, 5) is 16.5. The first kappa shape index (κ1) is 24.0. The van der Waals surface area contributed by atoms with Crippen molar-refractivity contribution in [2.75, 3.05) is 12.3 Å². The molecule has 0 amide bonds. The third kappa shape index (κ3) is 4.15. The van der Waals surface area contributed by atoms with Gasteiger partial charge in [0.2, 0.25) is 0 Å². The van der Waals surface area contributed by atoms with Crippen molar-refractivity contribution in [3.05, 3.63) is 59.0 Å². The van der Waals surface area contributed by atoms with Crippen LogP contribution >= 0.6 is 11.6 Å². The van der Waals surface area contributed by atoms with Crippen LogP contribution in [-0.4, -0.2) is 51.0 Å². The highest BCUT2D eigenvalue weighted by atomic mass is 35.5. The minimum absolute atomic E-state index is 0.0346. The Balaban J connectivity index is 1.47. The first-order valence-corrected chi connectivity index (χ1v) is 11.8. The topological polar surface area (TPSA) is 136 Å². The Morgan fingerprint density at radius 1 is 1.23 bits per heavy atom. The molecule has 2 aliphatic heterocycles. The second-order valence-electron chi connectivity index (χ2n) is 9.40. The fraction of sp³-hybridized carbons (Fsp3) is 0.458. The Labute approximate surface area is 207 Å². The number of hydrogen-bond donors (Lipinski definition) is 2. The second-order valence-corrected chi connectivity index (χ2v) is 9.83. The number of carbonyl (C=O) groups is 1. The van der Waals surface area contributed by atoms with Gasteiger partial charge in [0.05, 0.1) is 5.69 Å². The van der Waals surface area contributed by atoms with Crippen LogP contribution in [0.15, 0.2) is 42.7 Å². The SMILES string of the molecule is CC(C)C(N)C(=O)OC[C@H]1O[C@@H](c2ccc3c(N)ncnn23)[C@]2(C)OC(c3ccc(Cl)cc3)O[C@H]12. The first-order chi connectivity index (χ1) is 16.7. The lowest BCUT2D eigenvalue weighted by atomic mass is 9.91. The van der Waals surface area contributed by atoms with Crippen molar-refractivity contribution in [1.29, 1.82) is 0 Å². The van der Waals surface area contributed by atoms with Gasteiger partial charge in [0.1, 0.15) is 48.4 Å². The van der Waals surface area contributed by atoms with Crippen molar-refractivity contribution < 1.29 is 23.7 Å². The van der Waals surface area contributed by atoms with Gasteiger partial charge in [-0.25, -0.2) is 9.50 Å². The van der Waals surface area contributed by atoms with Crippen molar-refractivity contribution in [3.8, 4) is 0 Å². The van der Waals surface area contributed by atoms with Gasteiger partial charge in [-0.3, -0.25) is 4.79 Å².